The van der Waals surface area contributed by atoms with Gasteiger partial charge in [-0.1, -0.05) is 0 Å². The summed E-state index contributed by atoms with van der Waals surface area (Å²) in [4.78, 5) is 15.8. The highest BCUT2D eigenvalue weighted by molar-refractivity contribution is 5.74. The third-order valence-corrected chi connectivity index (χ3v) is 2.72. The number of carbonyl (C=O) groups is 1. The topological polar surface area (TPSA) is 32.8 Å². The Kier molecular flexibility index (Phi) is 4.39. The summed E-state index contributed by atoms with van der Waals surface area (Å²) in [7, 11) is 0. The van der Waals surface area contributed by atoms with Crippen LogP contribution in [0, 0.1) is 0 Å². The highest BCUT2D eigenvalue weighted by Crippen LogP contribution is 2.12. The van der Waals surface area contributed by atoms with Crippen molar-refractivity contribution in [3.63, 3.8) is 0 Å². The van der Waals surface area contributed by atoms with Crippen LogP contribution in [0.3, 0.4) is 0 Å². The first-order chi connectivity index (χ1) is 7.08. The molecule has 1 aliphatic heterocycles. The summed E-state index contributed by atoms with van der Waals surface area (Å²) in [5.74, 6) is 0. The van der Waals surface area contributed by atoms with Crippen LogP contribution >= 0.6 is 0 Å². The van der Waals surface area contributed by atoms with Crippen molar-refractivity contribution in [3.8, 4) is 0 Å². The molecule has 1 aliphatic rings. The molecule has 1 fully saturated rings. The van der Waals surface area contributed by atoms with E-state index in [2.05, 4.69) is 0 Å². The van der Waals surface area contributed by atoms with Crippen molar-refractivity contribution in [2.45, 2.75) is 39.9 Å². The van der Waals surface area contributed by atoms with E-state index in [4.69, 9.17) is 4.74 Å². The van der Waals surface area contributed by atoms with Gasteiger partial charge in [0.05, 0.1) is 12.2 Å². The molecule has 1 saturated heterocycles. The van der Waals surface area contributed by atoms with Crippen LogP contribution in [0.25, 0.3) is 0 Å². The first kappa shape index (κ1) is 12.3. The zero-order valence-electron chi connectivity index (χ0n) is 10.2. The van der Waals surface area contributed by atoms with Gasteiger partial charge in [0.15, 0.2) is 0 Å². The van der Waals surface area contributed by atoms with Crippen LogP contribution in [0.2, 0.25) is 0 Å². The summed E-state index contributed by atoms with van der Waals surface area (Å²) < 4.78 is 5.60. The number of hydrogen-bond acceptors (Lipinski definition) is 2. The molecule has 0 radical (unpaired) electrons. The van der Waals surface area contributed by atoms with Gasteiger partial charge in [-0.2, -0.15) is 0 Å². The third kappa shape index (κ3) is 3.09. The van der Waals surface area contributed by atoms with Gasteiger partial charge in [-0.3, -0.25) is 0 Å². The molecule has 0 unspecified atom stereocenters. The maximum Gasteiger partial charge on any atom is 0.320 e. The molecular weight excluding hydrogens is 192 g/mol. The molecule has 2 amide bonds. The molecular formula is C11H22N2O2. The highest BCUT2D eigenvalue weighted by Gasteiger charge is 2.27. The number of morpholine rings is 1. The molecule has 0 spiro atoms. The summed E-state index contributed by atoms with van der Waals surface area (Å²) in [5.41, 5.74) is 0. The van der Waals surface area contributed by atoms with Crippen LogP contribution in [-0.4, -0.2) is 54.2 Å². The highest BCUT2D eigenvalue weighted by atomic mass is 16.5. The Morgan fingerprint density at radius 1 is 1.27 bits per heavy atom. The molecule has 0 aromatic rings. The van der Waals surface area contributed by atoms with E-state index in [-0.39, 0.29) is 18.2 Å². The number of hydrogen-bond donors (Lipinski definition) is 0. The van der Waals surface area contributed by atoms with Crippen molar-refractivity contribution in [3.05, 3.63) is 0 Å². The number of ether oxygens (including phenoxy) is 1. The van der Waals surface area contributed by atoms with Gasteiger partial charge in [-0.05, 0) is 27.7 Å². The van der Waals surface area contributed by atoms with Gasteiger partial charge < -0.3 is 14.5 Å². The van der Waals surface area contributed by atoms with Gasteiger partial charge >= 0.3 is 6.03 Å². The van der Waals surface area contributed by atoms with Gasteiger partial charge in [-0.25, -0.2) is 4.79 Å². The quantitative estimate of drug-likeness (QED) is 0.699. The molecule has 1 heterocycles. The first-order valence-corrected chi connectivity index (χ1v) is 5.77. The van der Waals surface area contributed by atoms with E-state index in [1.807, 2.05) is 37.5 Å². The summed E-state index contributed by atoms with van der Waals surface area (Å²) in [6, 6.07) is 0.141. The Morgan fingerprint density at radius 3 is 2.13 bits per heavy atom. The predicted octanol–water partition coefficient (Wildman–Crippen LogP) is 1.56. The lowest BCUT2D eigenvalue weighted by atomic mass is 10.2. The molecule has 0 saturated carbocycles. The predicted molar refractivity (Wildman–Crippen MR) is 59.9 cm³/mol. The number of urea groups is 1. The average Bonchev–Trinajstić information content (AvgIpc) is 2.18. The zero-order valence-corrected chi connectivity index (χ0v) is 10.2. The van der Waals surface area contributed by atoms with Crippen molar-refractivity contribution in [2.24, 2.45) is 0 Å². The van der Waals surface area contributed by atoms with Crippen molar-refractivity contribution < 1.29 is 9.53 Å². The van der Waals surface area contributed by atoms with E-state index in [0.717, 1.165) is 13.1 Å². The van der Waals surface area contributed by atoms with Gasteiger partial charge in [0, 0.05) is 26.2 Å². The Labute approximate surface area is 92.2 Å². The Bertz CT molecular complexity index is 207. The molecule has 4 nitrogen and oxygen atoms in total. The Balaban J connectivity index is 2.58. The van der Waals surface area contributed by atoms with Crippen LogP contribution in [0.15, 0.2) is 0 Å². The largest absolute Gasteiger partial charge is 0.372 e. The van der Waals surface area contributed by atoms with E-state index in [1.165, 1.54) is 0 Å². The molecule has 4 heteroatoms. The van der Waals surface area contributed by atoms with E-state index < -0.39 is 0 Å². The maximum absolute atomic E-state index is 12.0. The Hall–Kier alpha value is -0.770. The smallest absolute Gasteiger partial charge is 0.320 e. The zero-order chi connectivity index (χ0) is 11.4. The summed E-state index contributed by atoms with van der Waals surface area (Å²) >= 11 is 0. The second-order valence-corrected chi connectivity index (χ2v) is 4.12. The molecule has 0 aromatic carbocycles. The first-order valence-electron chi connectivity index (χ1n) is 5.77. The van der Waals surface area contributed by atoms with Crippen LogP contribution in [0.4, 0.5) is 4.79 Å². The fourth-order valence-electron chi connectivity index (χ4n) is 2.03. The molecule has 0 bridgehead atoms. The minimum Gasteiger partial charge on any atom is -0.372 e. The van der Waals surface area contributed by atoms with E-state index in [9.17, 15) is 4.79 Å². The minimum atomic E-state index is 0.141. The fraction of sp³-hybridized carbons (Fsp3) is 0.909. The number of amides is 2. The van der Waals surface area contributed by atoms with Crippen LogP contribution in [0.5, 0.6) is 0 Å². The van der Waals surface area contributed by atoms with E-state index >= 15 is 0 Å². The summed E-state index contributed by atoms with van der Waals surface area (Å²) in [6.07, 6.45) is 0.293. The number of nitrogens with zero attached hydrogens (tertiary/aromatic N) is 2. The summed E-state index contributed by atoms with van der Waals surface area (Å²) in [5, 5.41) is 0. The van der Waals surface area contributed by atoms with E-state index in [0.29, 0.717) is 13.1 Å². The lowest BCUT2D eigenvalue weighted by Crippen LogP contribution is -2.52. The molecule has 0 N–H and O–H groups in total. The van der Waals surface area contributed by atoms with Crippen LogP contribution in [0.1, 0.15) is 27.7 Å². The summed E-state index contributed by atoms with van der Waals surface area (Å²) in [6.45, 7) is 11.0. The van der Waals surface area contributed by atoms with Gasteiger partial charge in [-0.15, -0.1) is 0 Å². The second kappa shape index (κ2) is 5.35. The van der Waals surface area contributed by atoms with Gasteiger partial charge in [0.25, 0.3) is 0 Å². The van der Waals surface area contributed by atoms with Crippen molar-refractivity contribution in [1.82, 2.24) is 9.80 Å². The second-order valence-electron chi connectivity index (χ2n) is 4.12. The monoisotopic (exact) mass is 214 g/mol. The molecule has 15 heavy (non-hydrogen) atoms. The normalized spacial score (nSPS) is 26.5. The maximum atomic E-state index is 12.0. The van der Waals surface area contributed by atoms with Gasteiger partial charge in [0.1, 0.15) is 0 Å². The van der Waals surface area contributed by atoms with Crippen LogP contribution < -0.4 is 0 Å². The lowest BCUT2D eigenvalue weighted by molar-refractivity contribution is -0.0579. The lowest BCUT2D eigenvalue weighted by Gasteiger charge is -2.37. The van der Waals surface area contributed by atoms with Gasteiger partial charge in [0.2, 0.25) is 0 Å². The van der Waals surface area contributed by atoms with Crippen molar-refractivity contribution in [1.29, 1.82) is 0 Å². The standard InChI is InChI=1S/C11H22N2O2/c1-5-12(6-2)11(14)13-7-9(3)15-10(4)8-13/h9-10H,5-8H2,1-4H3/t9-,10-/m1/s1. The van der Waals surface area contributed by atoms with E-state index in [1.54, 1.807) is 0 Å². The average molecular weight is 214 g/mol. The van der Waals surface area contributed by atoms with Crippen molar-refractivity contribution in [2.75, 3.05) is 26.2 Å². The molecule has 2 atom stereocenters. The number of carbonyl (C=O) groups excluding carboxylic acids is 1. The SMILES string of the molecule is CCN(CC)C(=O)N1C[C@@H](C)O[C@H](C)C1. The van der Waals surface area contributed by atoms with Crippen molar-refractivity contribution >= 4 is 6.03 Å². The minimum absolute atomic E-state index is 0.141. The van der Waals surface area contributed by atoms with Crippen LogP contribution in [-0.2, 0) is 4.74 Å². The molecule has 1 rings (SSSR count). The third-order valence-electron chi connectivity index (χ3n) is 2.72. The molecule has 88 valence electrons. The fourth-order valence-corrected chi connectivity index (χ4v) is 2.03. The Morgan fingerprint density at radius 2 is 1.73 bits per heavy atom. The molecule has 0 aliphatic carbocycles. The molecule has 0 aromatic heterocycles. The number of rotatable bonds is 2.